The maximum atomic E-state index is 11.8. The summed E-state index contributed by atoms with van der Waals surface area (Å²) < 4.78 is 27.8. The molecule has 9 atom stereocenters. The van der Waals surface area contributed by atoms with E-state index in [-0.39, 0.29) is 18.9 Å². The third-order valence-corrected chi connectivity index (χ3v) is 5.53. The minimum atomic E-state index is -1.27. The van der Waals surface area contributed by atoms with Crippen molar-refractivity contribution in [3.8, 4) is 0 Å². The summed E-state index contributed by atoms with van der Waals surface area (Å²) in [6.45, 7) is 5.40. The molecular formula is C19H29N7O8. The Labute approximate surface area is 195 Å². The molecule has 0 amide bonds. The van der Waals surface area contributed by atoms with E-state index in [0.29, 0.717) is 6.42 Å². The van der Waals surface area contributed by atoms with Gasteiger partial charge in [-0.1, -0.05) is 17.2 Å². The fourth-order valence-corrected chi connectivity index (χ4v) is 4.26. The average molecular weight is 483 g/mol. The van der Waals surface area contributed by atoms with Crippen LogP contribution in [-0.4, -0.2) is 78.4 Å². The van der Waals surface area contributed by atoms with E-state index in [2.05, 4.69) is 20.1 Å². The molecule has 0 aromatic rings. The molecule has 0 spiro atoms. The van der Waals surface area contributed by atoms with Crippen molar-refractivity contribution in [3.63, 3.8) is 0 Å². The molecule has 0 radical (unpaired) electrons. The van der Waals surface area contributed by atoms with Gasteiger partial charge in [0.1, 0.15) is 30.5 Å². The maximum Gasteiger partial charge on any atom is 0.303 e. The van der Waals surface area contributed by atoms with Crippen LogP contribution < -0.4 is 0 Å². The summed E-state index contributed by atoms with van der Waals surface area (Å²) in [6.07, 6.45) is -6.65. The summed E-state index contributed by atoms with van der Waals surface area (Å²) in [5.74, 6) is -2.18. The Bertz CT molecular complexity index is 860. The first-order valence-electron chi connectivity index (χ1n) is 10.7. The van der Waals surface area contributed by atoms with Crippen molar-refractivity contribution >= 4 is 17.8 Å². The van der Waals surface area contributed by atoms with Crippen molar-refractivity contribution in [2.45, 2.75) is 89.5 Å². The van der Waals surface area contributed by atoms with Gasteiger partial charge in [-0.2, -0.15) is 0 Å². The van der Waals surface area contributed by atoms with Crippen molar-refractivity contribution in [2.24, 2.45) is 16.1 Å². The standard InChI is InChI=1S/C19H29N7O8/c1-5-12-17(15(29)19(34-12)30-8(2)20)33-13-6-11(7-23-25-21)16(31-9(3)27)18(32-10(4)28)14(13)24-26-22/h11-20,29H,5-7H2,1-4H3/t11-,12+,13-,14-,15+,16+,17+,18+,19?/m0/s1. The van der Waals surface area contributed by atoms with Crippen molar-refractivity contribution in [1.82, 2.24) is 0 Å². The van der Waals surface area contributed by atoms with E-state index >= 15 is 0 Å². The van der Waals surface area contributed by atoms with Crippen LogP contribution in [0.4, 0.5) is 0 Å². The zero-order chi connectivity index (χ0) is 25.4. The largest absolute Gasteiger partial charge is 0.458 e. The molecule has 15 nitrogen and oxygen atoms in total. The first-order valence-corrected chi connectivity index (χ1v) is 10.7. The zero-order valence-electron chi connectivity index (χ0n) is 19.3. The Balaban J connectivity index is 2.42. The molecule has 15 heteroatoms. The van der Waals surface area contributed by atoms with E-state index in [1.54, 1.807) is 0 Å². The molecule has 1 saturated heterocycles. The van der Waals surface area contributed by atoms with Crippen molar-refractivity contribution in [2.75, 3.05) is 6.54 Å². The Morgan fingerprint density at radius 3 is 2.26 bits per heavy atom. The van der Waals surface area contributed by atoms with Gasteiger partial charge in [0.2, 0.25) is 6.29 Å². The highest BCUT2D eigenvalue weighted by Crippen LogP contribution is 2.37. The molecular weight excluding hydrogens is 454 g/mol. The quantitative estimate of drug-likeness (QED) is 0.123. The van der Waals surface area contributed by atoms with Crippen LogP contribution in [0, 0.1) is 11.3 Å². The topological polar surface area (TPSA) is 222 Å². The first kappa shape index (κ1) is 27.2. The third-order valence-electron chi connectivity index (χ3n) is 5.53. The van der Waals surface area contributed by atoms with Crippen molar-refractivity contribution in [1.29, 1.82) is 5.41 Å². The number of nitrogens with one attached hydrogen (secondary N) is 1. The van der Waals surface area contributed by atoms with Crippen LogP contribution in [0.3, 0.4) is 0 Å². The van der Waals surface area contributed by atoms with Crippen LogP contribution >= 0.6 is 0 Å². The number of rotatable bonds is 9. The number of ether oxygens (including phenoxy) is 5. The number of carbonyl (C=O) groups is 2. The second kappa shape index (κ2) is 12.4. The number of carbonyl (C=O) groups excluding carboxylic acids is 2. The predicted octanol–water partition coefficient (Wildman–Crippen LogP) is 2.12. The van der Waals surface area contributed by atoms with E-state index in [0.717, 1.165) is 6.92 Å². The van der Waals surface area contributed by atoms with Gasteiger partial charge in [-0.25, -0.2) is 0 Å². The van der Waals surface area contributed by atoms with Gasteiger partial charge in [0, 0.05) is 43.1 Å². The molecule has 1 saturated carbocycles. The molecule has 1 heterocycles. The molecule has 34 heavy (non-hydrogen) atoms. The molecule has 1 aliphatic heterocycles. The summed E-state index contributed by atoms with van der Waals surface area (Å²) in [5, 5.41) is 25.6. The molecule has 0 aromatic heterocycles. The molecule has 1 unspecified atom stereocenters. The average Bonchev–Trinajstić information content (AvgIpc) is 3.04. The fourth-order valence-electron chi connectivity index (χ4n) is 4.26. The molecule has 2 N–H and O–H groups in total. The third kappa shape index (κ3) is 6.72. The molecule has 1 aliphatic carbocycles. The summed E-state index contributed by atoms with van der Waals surface area (Å²) in [6, 6.07) is -1.13. The minimum absolute atomic E-state index is 0.0905. The van der Waals surface area contributed by atoms with E-state index in [9.17, 15) is 20.2 Å². The number of azide groups is 2. The van der Waals surface area contributed by atoms with Gasteiger partial charge in [-0.3, -0.25) is 15.0 Å². The highest BCUT2D eigenvalue weighted by molar-refractivity contribution is 5.69. The number of esters is 2. The number of aliphatic hydroxyl groups is 1. The minimum Gasteiger partial charge on any atom is -0.458 e. The lowest BCUT2D eigenvalue weighted by molar-refractivity contribution is -0.192. The second-order valence-corrected chi connectivity index (χ2v) is 8.01. The van der Waals surface area contributed by atoms with Crippen LogP contribution in [0.15, 0.2) is 10.2 Å². The van der Waals surface area contributed by atoms with Gasteiger partial charge in [0.05, 0.1) is 12.2 Å². The summed E-state index contributed by atoms with van der Waals surface area (Å²) in [7, 11) is 0. The summed E-state index contributed by atoms with van der Waals surface area (Å²) in [4.78, 5) is 29.2. The van der Waals surface area contributed by atoms with Gasteiger partial charge in [0.25, 0.3) is 0 Å². The van der Waals surface area contributed by atoms with Gasteiger partial charge in [-0.15, -0.1) is 0 Å². The number of hydrogen-bond acceptors (Lipinski definition) is 11. The second-order valence-electron chi connectivity index (χ2n) is 8.01. The predicted molar refractivity (Wildman–Crippen MR) is 114 cm³/mol. The maximum absolute atomic E-state index is 11.8. The van der Waals surface area contributed by atoms with E-state index in [1.165, 1.54) is 13.8 Å². The van der Waals surface area contributed by atoms with Gasteiger partial charge < -0.3 is 28.8 Å². The highest BCUT2D eigenvalue weighted by Gasteiger charge is 2.52. The highest BCUT2D eigenvalue weighted by atomic mass is 16.7. The first-order chi connectivity index (χ1) is 16.1. The fraction of sp³-hybridized carbons (Fsp3) is 0.842. The van der Waals surface area contributed by atoms with E-state index in [1.807, 2.05) is 6.92 Å². The molecule has 0 aromatic carbocycles. The monoisotopic (exact) mass is 483 g/mol. The van der Waals surface area contributed by atoms with Crippen LogP contribution in [0.1, 0.15) is 40.5 Å². The summed E-state index contributed by atoms with van der Waals surface area (Å²) >= 11 is 0. The Kier molecular flexibility index (Phi) is 9.90. The SMILES string of the molecule is CC[C@H]1OC(OC(C)=N)[C@H](O)[C@@H]1O[C@H]1C[C@@H](CN=[N+]=[N-])[C@@H](OC(C)=O)[C@H](OC(C)=O)[C@H]1N=[N+]=[N-]. The van der Waals surface area contributed by atoms with Crippen LogP contribution in [0.25, 0.3) is 20.9 Å². The molecule has 2 aliphatic rings. The van der Waals surface area contributed by atoms with Crippen molar-refractivity contribution in [3.05, 3.63) is 20.9 Å². The lowest BCUT2D eigenvalue weighted by Gasteiger charge is -2.44. The smallest absolute Gasteiger partial charge is 0.303 e. The lowest BCUT2D eigenvalue weighted by Crippen LogP contribution is -2.58. The molecule has 2 rings (SSSR count). The Morgan fingerprint density at radius 2 is 1.74 bits per heavy atom. The lowest BCUT2D eigenvalue weighted by atomic mass is 9.79. The zero-order valence-corrected chi connectivity index (χ0v) is 19.3. The molecule has 2 fully saturated rings. The molecule has 0 bridgehead atoms. The van der Waals surface area contributed by atoms with E-state index in [4.69, 9.17) is 34.6 Å². The molecule has 188 valence electrons. The van der Waals surface area contributed by atoms with Crippen LogP contribution in [-0.2, 0) is 33.3 Å². The Morgan fingerprint density at radius 1 is 1.09 bits per heavy atom. The number of hydrogen-bond donors (Lipinski definition) is 2. The van der Waals surface area contributed by atoms with Crippen LogP contribution in [0.2, 0.25) is 0 Å². The van der Waals surface area contributed by atoms with E-state index < -0.39 is 66.8 Å². The van der Waals surface area contributed by atoms with Gasteiger partial charge in [0.15, 0.2) is 5.90 Å². The summed E-state index contributed by atoms with van der Waals surface area (Å²) in [5.41, 5.74) is 18.0. The van der Waals surface area contributed by atoms with Gasteiger partial charge in [-0.05, 0) is 23.9 Å². The Hall–Kier alpha value is -3.09. The van der Waals surface area contributed by atoms with Gasteiger partial charge >= 0.3 is 11.9 Å². The van der Waals surface area contributed by atoms with Crippen molar-refractivity contribution < 1.29 is 38.4 Å². The van der Waals surface area contributed by atoms with Crippen LogP contribution in [0.5, 0.6) is 0 Å². The normalized spacial score (nSPS) is 34.8. The number of aliphatic hydroxyl groups excluding tert-OH is 1. The number of nitrogens with zero attached hydrogens (tertiary/aromatic N) is 6.